The third-order valence-electron chi connectivity index (χ3n) is 2.87. The molecule has 0 fully saturated rings. The fourth-order valence-corrected chi connectivity index (χ4v) is 3.10. The van der Waals surface area contributed by atoms with Gasteiger partial charge in [0.05, 0.1) is 11.6 Å². The molecule has 0 atom stereocenters. The Morgan fingerprint density at radius 1 is 1.26 bits per heavy atom. The Kier molecular flexibility index (Phi) is 3.40. The molecule has 0 aliphatic heterocycles. The molecule has 0 saturated carbocycles. The first-order valence-electron chi connectivity index (χ1n) is 5.78. The number of fused-ring (bicyclic) bond motifs is 1. The fraction of sp³-hybridized carbons (Fsp3) is 0.154. The molecule has 0 radical (unpaired) electrons. The van der Waals surface area contributed by atoms with Crippen LogP contribution in [0.15, 0.2) is 35.5 Å². The number of thioether (sulfide) groups is 1. The fourth-order valence-electron chi connectivity index (χ4n) is 1.81. The van der Waals surface area contributed by atoms with E-state index in [-0.39, 0.29) is 5.28 Å². The normalized spacial score (nSPS) is 11.1. The Balaban J connectivity index is 1.90. The average molecular weight is 291 g/mol. The van der Waals surface area contributed by atoms with E-state index in [4.69, 9.17) is 11.6 Å². The van der Waals surface area contributed by atoms with Crippen molar-refractivity contribution in [3.8, 4) is 0 Å². The molecule has 0 aliphatic carbocycles. The van der Waals surface area contributed by atoms with Crippen LogP contribution < -0.4 is 0 Å². The number of rotatable bonds is 3. The lowest BCUT2D eigenvalue weighted by atomic mass is 10.1. The summed E-state index contributed by atoms with van der Waals surface area (Å²) >= 11 is 7.55. The smallest absolute Gasteiger partial charge is 0.225 e. The monoisotopic (exact) mass is 290 g/mol. The Labute approximate surface area is 119 Å². The molecule has 19 heavy (non-hydrogen) atoms. The van der Waals surface area contributed by atoms with Crippen molar-refractivity contribution in [2.75, 3.05) is 0 Å². The second-order valence-corrected chi connectivity index (χ2v) is 5.45. The second kappa shape index (κ2) is 5.19. The number of H-pyrrole nitrogens is 1. The van der Waals surface area contributed by atoms with Crippen LogP contribution in [0.3, 0.4) is 0 Å². The highest BCUT2D eigenvalue weighted by molar-refractivity contribution is 7.98. The number of aromatic nitrogens is 4. The van der Waals surface area contributed by atoms with Gasteiger partial charge in [-0.05, 0) is 29.7 Å². The predicted octanol–water partition coefficient (Wildman–Crippen LogP) is 3.61. The summed E-state index contributed by atoms with van der Waals surface area (Å²) in [6.45, 7) is 2.11. The summed E-state index contributed by atoms with van der Waals surface area (Å²) < 4.78 is 0. The van der Waals surface area contributed by atoms with E-state index >= 15 is 0 Å². The molecule has 3 aromatic rings. The van der Waals surface area contributed by atoms with Crippen LogP contribution in [0.2, 0.25) is 5.28 Å². The Morgan fingerprint density at radius 2 is 2.11 bits per heavy atom. The Morgan fingerprint density at radius 3 is 2.95 bits per heavy atom. The SMILES string of the molecule is Cc1ccccc1CSc1nc(Cl)nc2[nH]ncc12. The van der Waals surface area contributed by atoms with Crippen molar-refractivity contribution in [2.45, 2.75) is 17.7 Å². The molecule has 0 spiro atoms. The summed E-state index contributed by atoms with van der Waals surface area (Å²) in [6.07, 6.45) is 1.73. The van der Waals surface area contributed by atoms with Gasteiger partial charge < -0.3 is 0 Å². The van der Waals surface area contributed by atoms with Gasteiger partial charge in [0.25, 0.3) is 0 Å². The summed E-state index contributed by atoms with van der Waals surface area (Å²) in [4.78, 5) is 8.37. The predicted molar refractivity (Wildman–Crippen MR) is 77.4 cm³/mol. The quantitative estimate of drug-likeness (QED) is 0.455. The third-order valence-corrected chi connectivity index (χ3v) is 4.08. The number of nitrogens with one attached hydrogen (secondary N) is 1. The largest absolute Gasteiger partial charge is 0.261 e. The van der Waals surface area contributed by atoms with Crippen LogP contribution in [0.1, 0.15) is 11.1 Å². The van der Waals surface area contributed by atoms with Gasteiger partial charge in [0, 0.05) is 5.75 Å². The standard InChI is InChI=1S/C13H11ClN4S/c1-8-4-2-3-5-9(8)7-19-12-10-6-15-18-11(10)16-13(14)17-12/h2-6H,7H2,1H3,(H,15,16,17,18). The van der Waals surface area contributed by atoms with Crippen molar-refractivity contribution in [1.29, 1.82) is 0 Å². The molecule has 3 rings (SSSR count). The highest BCUT2D eigenvalue weighted by atomic mass is 35.5. The van der Waals surface area contributed by atoms with E-state index in [1.165, 1.54) is 11.1 Å². The summed E-state index contributed by atoms with van der Waals surface area (Å²) in [5.41, 5.74) is 3.24. The van der Waals surface area contributed by atoms with Gasteiger partial charge in [-0.25, -0.2) is 4.98 Å². The first-order chi connectivity index (χ1) is 9.24. The van der Waals surface area contributed by atoms with Crippen LogP contribution in [-0.4, -0.2) is 20.2 Å². The van der Waals surface area contributed by atoms with E-state index in [1.54, 1.807) is 18.0 Å². The minimum absolute atomic E-state index is 0.240. The first kappa shape index (κ1) is 12.4. The third kappa shape index (κ3) is 2.57. The highest BCUT2D eigenvalue weighted by Gasteiger charge is 2.09. The summed E-state index contributed by atoms with van der Waals surface area (Å²) in [5, 5.41) is 8.79. The van der Waals surface area contributed by atoms with Crippen LogP contribution in [-0.2, 0) is 5.75 Å². The lowest BCUT2D eigenvalue weighted by Gasteiger charge is -2.05. The van der Waals surface area contributed by atoms with Gasteiger partial charge in [-0.2, -0.15) is 10.1 Å². The molecule has 4 nitrogen and oxygen atoms in total. The van der Waals surface area contributed by atoms with E-state index < -0.39 is 0 Å². The van der Waals surface area contributed by atoms with Gasteiger partial charge in [-0.15, -0.1) is 11.8 Å². The Bertz CT molecular complexity index is 725. The maximum atomic E-state index is 5.91. The van der Waals surface area contributed by atoms with E-state index in [0.29, 0.717) is 5.65 Å². The topological polar surface area (TPSA) is 54.5 Å². The number of halogens is 1. The van der Waals surface area contributed by atoms with E-state index in [9.17, 15) is 0 Å². The number of hydrogen-bond acceptors (Lipinski definition) is 4. The summed E-state index contributed by atoms with van der Waals surface area (Å²) in [7, 11) is 0. The molecule has 0 amide bonds. The molecule has 2 aromatic heterocycles. The van der Waals surface area contributed by atoms with Crippen LogP contribution in [0, 0.1) is 6.92 Å². The number of hydrogen-bond donors (Lipinski definition) is 1. The lowest BCUT2D eigenvalue weighted by molar-refractivity contribution is 1.07. The molecule has 0 saturated heterocycles. The minimum Gasteiger partial charge on any atom is -0.261 e. The molecular weight excluding hydrogens is 280 g/mol. The number of aryl methyl sites for hydroxylation is 1. The van der Waals surface area contributed by atoms with Crippen molar-refractivity contribution < 1.29 is 0 Å². The Hall–Kier alpha value is -1.59. The first-order valence-corrected chi connectivity index (χ1v) is 7.14. The molecule has 0 unspecified atom stereocenters. The molecule has 2 heterocycles. The van der Waals surface area contributed by atoms with Crippen molar-refractivity contribution in [3.63, 3.8) is 0 Å². The zero-order valence-electron chi connectivity index (χ0n) is 10.2. The number of benzene rings is 1. The second-order valence-electron chi connectivity index (χ2n) is 4.15. The van der Waals surface area contributed by atoms with Gasteiger partial charge in [0.1, 0.15) is 5.03 Å². The minimum atomic E-state index is 0.240. The van der Waals surface area contributed by atoms with Gasteiger partial charge >= 0.3 is 0 Å². The highest BCUT2D eigenvalue weighted by Crippen LogP contribution is 2.28. The van der Waals surface area contributed by atoms with Crippen molar-refractivity contribution in [2.24, 2.45) is 0 Å². The number of nitrogens with zero attached hydrogens (tertiary/aromatic N) is 3. The summed E-state index contributed by atoms with van der Waals surface area (Å²) in [6, 6.07) is 8.32. The van der Waals surface area contributed by atoms with Gasteiger partial charge in [0.15, 0.2) is 5.65 Å². The molecule has 6 heteroatoms. The van der Waals surface area contributed by atoms with Crippen LogP contribution in [0.25, 0.3) is 11.0 Å². The average Bonchev–Trinajstić information content (AvgIpc) is 2.85. The van der Waals surface area contributed by atoms with E-state index in [0.717, 1.165) is 16.2 Å². The molecular formula is C13H11ClN4S. The molecule has 0 bridgehead atoms. The maximum Gasteiger partial charge on any atom is 0.225 e. The van der Waals surface area contributed by atoms with Gasteiger partial charge in [-0.1, -0.05) is 24.3 Å². The maximum absolute atomic E-state index is 5.91. The molecule has 1 aromatic carbocycles. The molecule has 1 N–H and O–H groups in total. The number of aromatic amines is 1. The lowest BCUT2D eigenvalue weighted by Crippen LogP contribution is -1.90. The van der Waals surface area contributed by atoms with Crippen molar-refractivity contribution >= 4 is 34.4 Å². The zero-order valence-corrected chi connectivity index (χ0v) is 11.8. The van der Waals surface area contributed by atoms with Crippen LogP contribution >= 0.6 is 23.4 Å². The molecule has 0 aliphatic rings. The van der Waals surface area contributed by atoms with Crippen molar-refractivity contribution in [3.05, 3.63) is 46.9 Å². The van der Waals surface area contributed by atoms with Crippen molar-refractivity contribution in [1.82, 2.24) is 20.2 Å². The zero-order chi connectivity index (χ0) is 13.2. The van der Waals surface area contributed by atoms with Gasteiger partial charge in [0.2, 0.25) is 5.28 Å². The van der Waals surface area contributed by atoms with E-state index in [2.05, 4.69) is 39.2 Å². The summed E-state index contributed by atoms with van der Waals surface area (Å²) in [5.74, 6) is 0.848. The van der Waals surface area contributed by atoms with E-state index in [1.807, 2.05) is 12.1 Å². The van der Waals surface area contributed by atoms with Crippen LogP contribution in [0.4, 0.5) is 0 Å². The molecule has 96 valence electrons. The van der Waals surface area contributed by atoms with Crippen LogP contribution in [0.5, 0.6) is 0 Å². The van der Waals surface area contributed by atoms with Gasteiger partial charge in [-0.3, -0.25) is 5.10 Å².